The lowest BCUT2D eigenvalue weighted by Gasteiger charge is -2.32. The summed E-state index contributed by atoms with van der Waals surface area (Å²) in [5, 5.41) is 2.91. The van der Waals surface area contributed by atoms with E-state index >= 15 is 0 Å². The van der Waals surface area contributed by atoms with Crippen LogP contribution in [0.1, 0.15) is 24.7 Å². The number of anilines is 1. The molecule has 2 amide bonds. The second-order valence-corrected chi connectivity index (χ2v) is 6.27. The van der Waals surface area contributed by atoms with Crippen molar-refractivity contribution in [2.75, 3.05) is 11.4 Å². The Hall–Kier alpha value is -2.76. The van der Waals surface area contributed by atoms with Gasteiger partial charge in [-0.15, -0.1) is 0 Å². The highest BCUT2D eigenvalue weighted by atomic mass is 16.5. The van der Waals surface area contributed by atoms with Crippen LogP contribution >= 0.6 is 0 Å². The van der Waals surface area contributed by atoms with Gasteiger partial charge in [0.05, 0.1) is 12.2 Å². The van der Waals surface area contributed by atoms with Crippen LogP contribution in [0.2, 0.25) is 0 Å². The second-order valence-electron chi connectivity index (χ2n) is 6.27. The predicted octanol–water partition coefficient (Wildman–Crippen LogP) is 2.15. The Kier molecular flexibility index (Phi) is 4.79. The summed E-state index contributed by atoms with van der Waals surface area (Å²) in [7, 11) is 1.97. The van der Waals surface area contributed by atoms with E-state index in [4.69, 9.17) is 4.74 Å². The molecule has 2 aromatic rings. The zero-order chi connectivity index (χ0) is 18.0. The van der Waals surface area contributed by atoms with Gasteiger partial charge in [-0.2, -0.15) is 0 Å². The van der Waals surface area contributed by atoms with Crippen molar-refractivity contribution < 1.29 is 14.3 Å². The van der Waals surface area contributed by atoms with E-state index in [0.717, 1.165) is 17.1 Å². The van der Waals surface area contributed by atoms with Gasteiger partial charge in [0.2, 0.25) is 5.91 Å². The zero-order valence-electron chi connectivity index (χ0n) is 14.8. The number of nitrogens with zero attached hydrogens (tertiary/aromatic N) is 2. The van der Waals surface area contributed by atoms with Gasteiger partial charge in [0.1, 0.15) is 5.75 Å². The number of nitrogens with one attached hydrogen (secondary N) is 1. The first-order valence-electron chi connectivity index (χ1n) is 8.42. The summed E-state index contributed by atoms with van der Waals surface area (Å²) in [5.74, 6) is 0.474. The van der Waals surface area contributed by atoms with Crippen LogP contribution in [0.15, 0.2) is 36.4 Å². The van der Waals surface area contributed by atoms with Crippen molar-refractivity contribution in [2.24, 2.45) is 7.05 Å². The number of hydrogen-bond donors (Lipinski definition) is 1. The molecule has 1 N–H and O–H groups in total. The van der Waals surface area contributed by atoms with Gasteiger partial charge in [-0.3, -0.25) is 9.59 Å². The Bertz CT molecular complexity index is 797. The summed E-state index contributed by atoms with van der Waals surface area (Å²) < 4.78 is 7.65. The SMILES string of the molecule is Cc1ccc(CNC(=O)CCN2C(=O)[C@H](C)Oc3ccccc32)n1C. The fraction of sp³-hybridized carbons (Fsp3) is 0.368. The lowest BCUT2D eigenvalue weighted by molar-refractivity contribution is -0.125. The molecule has 0 fully saturated rings. The van der Waals surface area contributed by atoms with Crippen LogP contribution in [0.25, 0.3) is 0 Å². The molecule has 25 heavy (non-hydrogen) atoms. The Morgan fingerprint density at radius 1 is 1.24 bits per heavy atom. The molecule has 6 heteroatoms. The second kappa shape index (κ2) is 7.01. The Labute approximate surface area is 147 Å². The van der Waals surface area contributed by atoms with Crippen LogP contribution in [0.4, 0.5) is 5.69 Å². The number of para-hydroxylation sites is 2. The predicted molar refractivity (Wildman–Crippen MR) is 95.5 cm³/mol. The maximum Gasteiger partial charge on any atom is 0.267 e. The van der Waals surface area contributed by atoms with Crippen LogP contribution in [0.5, 0.6) is 5.75 Å². The van der Waals surface area contributed by atoms with Crippen LogP contribution in [-0.2, 0) is 23.2 Å². The smallest absolute Gasteiger partial charge is 0.267 e. The largest absolute Gasteiger partial charge is 0.479 e. The van der Waals surface area contributed by atoms with Crippen molar-refractivity contribution in [3.05, 3.63) is 47.8 Å². The van der Waals surface area contributed by atoms with Crippen molar-refractivity contribution in [2.45, 2.75) is 32.9 Å². The van der Waals surface area contributed by atoms with Crippen molar-refractivity contribution in [3.8, 4) is 5.75 Å². The number of amides is 2. The summed E-state index contributed by atoms with van der Waals surface area (Å²) in [6, 6.07) is 11.4. The number of ether oxygens (including phenoxy) is 1. The summed E-state index contributed by atoms with van der Waals surface area (Å²) in [6.07, 6.45) is -0.291. The highest BCUT2D eigenvalue weighted by molar-refractivity contribution is 6.00. The third kappa shape index (κ3) is 3.52. The quantitative estimate of drug-likeness (QED) is 0.906. The van der Waals surface area contributed by atoms with E-state index in [0.29, 0.717) is 18.8 Å². The summed E-state index contributed by atoms with van der Waals surface area (Å²) >= 11 is 0. The molecule has 0 bridgehead atoms. The molecule has 0 radical (unpaired) electrons. The van der Waals surface area contributed by atoms with Gasteiger partial charge in [-0.05, 0) is 38.1 Å². The maximum atomic E-state index is 12.4. The van der Waals surface area contributed by atoms with Crippen molar-refractivity contribution >= 4 is 17.5 Å². The molecular weight excluding hydrogens is 318 g/mol. The molecule has 0 unspecified atom stereocenters. The van der Waals surface area contributed by atoms with E-state index < -0.39 is 6.10 Å². The van der Waals surface area contributed by atoms with Gasteiger partial charge in [0.15, 0.2) is 6.10 Å². The molecular formula is C19H23N3O3. The summed E-state index contributed by atoms with van der Waals surface area (Å²) in [5.41, 5.74) is 2.91. The molecule has 1 aliphatic rings. The first kappa shape index (κ1) is 17.1. The number of benzene rings is 1. The normalized spacial score (nSPS) is 16.4. The van der Waals surface area contributed by atoms with Gasteiger partial charge >= 0.3 is 0 Å². The standard InChI is InChI=1S/C19H23N3O3/c1-13-8-9-15(21(13)3)12-20-18(23)10-11-22-16-6-4-5-7-17(16)25-14(2)19(22)24/h4-9,14H,10-12H2,1-3H3,(H,20,23)/t14-/m0/s1. The molecule has 6 nitrogen and oxygen atoms in total. The van der Waals surface area contributed by atoms with Crippen LogP contribution in [0.3, 0.4) is 0 Å². The minimum Gasteiger partial charge on any atom is -0.479 e. The number of rotatable bonds is 5. The molecule has 0 aliphatic carbocycles. The number of carbonyl (C=O) groups is 2. The molecule has 1 atom stereocenters. The molecule has 3 rings (SSSR count). The average Bonchev–Trinajstić information content (AvgIpc) is 2.92. The van der Waals surface area contributed by atoms with Gasteiger partial charge in [0.25, 0.3) is 5.91 Å². The van der Waals surface area contributed by atoms with E-state index in [9.17, 15) is 9.59 Å². The van der Waals surface area contributed by atoms with Crippen molar-refractivity contribution in [3.63, 3.8) is 0 Å². The van der Waals surface area contributed by atoms with E-state index in [2.05, 4.69) is 5.32 Å². The zero-order valence-corrected chi connectivity index (χ0v) is 14.8. The first-order chi connectivity index (χ1) is 12.0. The van der Waals surface area contributed by atoms with E-state index in [-0.39, 0.29) is 18.2 Å². The first-order valence-corrected chi connectivity index (χ1v) is 8.42. The van der Waals surface area contributed by atoms with E-state index in [1.807, 2.05) is 54.9 Å². The molecule has 132 valence electrons. The highest BCUT2D eigenvalue weighted by Gasteiger charge is 2.31. The topological polar surface area (TPSA) is 63.6 Å². The minimum atomic E-state index is -0.538. The van der Waals surface area contributed by atoms with Crippen molar-refractivity contribution in [1.82, 2.24) is 9.88 Å². The lowest BCUT2D eigenvalue weighted by atomic mass is 10.1. The average molecular weight is 341 g/mol. The highest BCUT2D eigenvalue weighted by Crippen LogP contribution is 2.33. The molecule has 2 heterocycles. The van der Waals surface area contributed by atoms with Gasteiger partial charge in [-0.25, -0.2) is 0 Å². The maximum absolute atomic E-state index is 12.4. The van der Waals surface area contributed by atoms with Crippen LogP contribution < -0.4 is 15.0 Å². The monoisotopic (exact) mass is 341 g/mol. The third-order valence-electron chi connectivity index (χ3n) is 4.58. The molecule has 1 aromatic carbocycles. The molecule has 1 aromatic heterocycles. The summed E-state index contributed by atoms with van der Waals surface area (Å²) in [4.78, 5) is 26.2. The number of aryl methyl sites for hydroxylation is 1. The van der Waals surface area contributed by atoms with Crippen LogP contribution in [-0.4, -0.2) is 29.0 Å². The van der Waals surface area contributed by atoms with E-state index in [1.54, 1.807) is 11.8 Å². The number of aromatic nitrogens is 1. The molecule has 0 saturated heterocycles. The van der Waals surface area contributed by atoms with Gasteiger partial charge in [-0.1, -0.05) is 12.1 Å². The Morgan fingerprint density at radius 3 is 2.72 bits per heavy atom. The van der Waals surface area contributed by atoms with E-state index in [1.165, 1.54) is 0 Å². The Balaban J connectivity index is 1.60. The Morgan fingerprint density at radius 2 is 2.00 bits per heavy atom. The number of fused-ring (bicyclic) bond motifs is 1. The molecule has 0 saturated carbocycles. The molecule has 1 aliphatic heterocycles. The number of hydrogen-bond acceptors (Lipinski definition) is 3. The minimum absolute atomic E-state index is 0.0803. The number of carbonyl (C=O) groups excluding carboxylic acids is 2. The van der Waals surface area contributed by atoms with Crippen molar-refractivity contribution in [1.29, 1.82) is 0 Å². The lowest BCUT2D eigenvalue weighted by Crippen LogP contribution is -2.45. The van der Waals surface area contributed by atoms with Crippen LogP contribution in [0, 0.1) is 6.92 Å². The molecule has 0 spiro atoms. The fourth-order valence-corrected chi connectivity index (χ4v) is 2.92. The van der Waals surface area contributed by atoms with Gasteiger partial charge < -0.3 is 19.5 Å². The summed E-state index contributed by atoms with van der Waals surface area (Å²) in [6.45, 7) is 4.56. The van der Waals surface area contributed by atoms with Gasteiger partial charge in [0, 0.05) is 31.4 Å². The fourth-order valence-electron chi connectivity index (χ4n) is 2.92. The third-order valence-corrected chi connectivity index (χ3v) is 4.58.